The zero-order chi connectivity index (χ0) is 20.6. The third-order valence-corrected chi connectivity index (χ3v) is 4.36. The molecule has 3 rings (SSSR count). The van der Waals surface area contributed by atoms with Crippen molar-refractivity contribution in [2.45, 2.75) is 26.9 Å². The summed E-state index contributed by atoms with van der Waals surface area (Å²) in [5, 5.41) is 2.90. The molecule has 0 saturated heterocycles. The van der Waals surface area contributed by atoms with Crippen molar-refractivity contribution in [2.24, 2.45) is 5.92 Å². The van der Waals surface area contributed by atoms with Crippen molar-refractivity contribution in [1.82, 2.24) is 0 Å². The Kier molecular flexibility index (Phi) is 6.90. The van der Waals surface area contributed by atoms with Crippen LogP contribution in [0.1, 0.15) is 20.8 Å². The lowest BCUT2D eigenvalue weighted by atomic mass is 10.1. The van der Waals surface area contributed by atoms with Crippen molar-refractivity contribution >= 4 is 11.6 Å². The Morgan fingerprint density at radius 1 is 0.828 bits per heavy atom. The summed E-state index contributed by atoms with van der Waals surface area (Å²) in [6.45, 7) is 6.49. The molecule has 0 bridgehead atoms. The highest BCUT2D eigenvalue weighted by atomic mass is 16.5. The van der Waals surface area contributed by atoms with Gasteiger partial charge in [-0.1, -0.05) is 68.4 Å². The molecule has 0 aromatic heterocycles. The molecule has 1 atom stereocenters. The van der Waals surface area contributed by atoms with Crippen molar-refractivity contribution in [3.05, 3.63) is 78.9 Å². The maximum Gasteiger partial charge on any atom is 0.265 e. The Labute approximate surface area is 172 Å². The van der Waals surface area contributed by atoms with Crippen molar-refractivity contribution < 1.29 is 14.3 Å². The van der Waals surface area contributed by atoms with Gasteiger partial charge in [-0.3, -0.25) is 4.79 Å². The number of rotatable bonds is 8. The van der Waals surface area contributed by atoms with Gasteiger partial charge in [0.1, 0.15) is 11.5 Å². The first-order valence-electron chi connectivity index (χ1n) is 9.88. The molecular weight excluding hydrogens is 362 g/mol. The van der Waals surface area contributed by atoms with E-state index < -0.39 is 6.10 Å². The van der Waals surface area contributed by atoms with Crippen LogP contribution in [0.2, 0.25) is 0 Å². The third kappa shape index (κ3) is 5.85. The largest absolute Gasteiger partial charge is 0.491 e. The Morgan fingerprint density at radius 2 is 1.45 bits per heavy atom. The molecule has 4 heteroatoms. The summed E-state index contributed by atoms with van der Waals surface area (Å²) in [7, 11) is 0. The highest BCUT2D eigenvalue weighted by molar-refractivity contribution is 5.95. The molecule has 0 spiro atoms. The van der Waals surface area contributed by atoms with Gasteiger partial charge in [0.25, 0.3) is 5.91 Å². The van der Waals surface area contributed by atoms with Gasteiger partial charge in [-0.15, -0.1) is 0 Å². The second kappa shape index (κ2) is 9.78. The lowest BCUT2D eigenvalue weighted by molar-refractivity contribution is -0.122. The normalized spacial score (nSPS) is 11.7. The number of ether oxygens (including phenoxy) is 2. The van der Waals surface area contributed by atoms with E-state index in [1.165, 1.54) is 0 Å². The molecule has 0 fully saturated rings. The maximum absolute atomic E-state index is 12.6. The number of benzene rings is 3. The topological polar surface area (TPSA) is 47.6 Å². The molecule has 0 aliphatic carbocycles. The van der Waals surface area contributed by atoms with Crippen LogP contribution in [0.5, 0.6) is 11.5 Å². The van der Waals surface area contributed by atoms with Crippen LogP contribution in [0.15, 0.2) is 78.9 Å². The SMILES string of the molecule is CC(C)COc1ccccc1NC(=O)C(C)Oc1ccc(-c2ccccc2)cc1. The van der Waals surface area contributed by atoms with Gasteiger partial charge in [0, 0.05) is 0 Å². The number of hydrogen-bond acceptors (Lipinski definition) is 3. The van der Waals surface area contributed by atoms with Crippen LogP contribution in [0.3, 0.4) is 0 Å². The van der Waals surface area contributed by atoms with E-state index in [1.807, 2.05) is 66.7 Å². The average Bonchev–Trinajstić information content (AvgIpc) is 2.74. The highest BCUT2D eigenvalue weighted by Gasteiger charge is 2.17. The van der Waals surface area contributed by atoms with Gasteiger partial charge in [-0.2, -0.15) is 0 Å². The molecular formula is C25H27NO3. The van der Waals surface area contributed by atoms with Gasteiger partial charge >= 0.3 is 0 Å². The molecule has 0 radical (unpaired) electrons. The smallest absolute Gasteiger partial charge is 0.265 e. The predicted molar refractivity (Wildman–Crippen MR) is 117 cm³/mol. The quantitative estimate of drug-likeness (QED) is 0.530. The minimum absolute atomic E-state index is 0.224. The lowest BCUT2D eigenvalue weighted by Gasteiger charge is -2.17. The van der Waals surface area contributed by atoms with Crippen LogP contribution in [-0.2, 0) is 4.79 Å². The van der Waals surface area contributed by atoms with Crippen LogP contribution in [-0.4, -0.2) is 18.6 Å². The zero-order valence-corrected chi connectivity index (χ0v) is 17.1. The fraction of sp³-hybridized carbons (Fsp3) is 0.240. The number of hydrogen-bond donors (Lipinski definition) is 1. The summed E-state index contributed by atoms with van der Waals surface area (Å²) >= 11 is 0. The van der Waals surface area contributed by atoms with Crippen molar-refractivity contribution in [3.63, 3.8) is 0 Å². The van der Waals surface area contributed by atoms with E-state index in [-0.39, 0.29) is 5.91 Å². The molecule has 3 aromatic carbocycles. The van der Waals surface area contributed by atoms with Crippen LogP contribution in [0, 0.1) is 5.92 Å². The molecule has 0 saturated carbocycles. The van der Waals surface area contributed by atoms with E-state index in [9.17, 15) is 4.79 Å². The average molecular weight is 389 g/mol. The summed E-state index contributed by atoms with van der Waals surface area (Å²) in [5.74, 6) is 1.49. The highest BCUT2D eigenvalue weighted by Crippen LogP contribution is 2.26. The van der Waals surface area contributed by atoms with Crippen LogP contribution < -0.4 is 14.8 Å². The van der Waals surface area contributed by atoms with E-state index in [2.05, 4.69) is 31.3 Å². The van der Waals surface area contributed by atoms with Crippen molar-refractivity contribution in [2.75, 3.05) is 11.9 Å². The van der Waals surface area contributed by atoms with Gasteiger partial charge in [-0.05, 0) is 48.2 Å². The molecule has 0 aliphatic heterocycles. The Balaban J connectivity index is 1.61. The van der Waals surface area contributed by atoms with E-state index in [4.69, 9.17) is 9.47 Å². The van der Waals surface area contributed by atoms with Crippen LogP contribution >= 0.6 is 0 Å². The summed E-state index contributed by atoms with van der Waals surface area (Å²) in [4.78, 5) is 12.6. The number of amides is 1. The molecule has 29 heavy (non-hydrogen) atoms. The number of para-hydroxylation sites is 2. The monoisotopic (exact) mass is 389 g/mol. The summed E-state index contributed by atoms with van der Waals surface area (Å²) in [5.41, 5.74) is 2.89. The first-order valence-corrected chi connectivity index (χ1v) is 9.88. The van der Waals surface area contributed by atoms with Gasteiger partial charge in [0.15, 0.2) is 6.10 Å². The van der Waals surface area contributed by atoms with Gasteiger partial charge in [-0.25, -0.2) is 0 Å². The van der Waals surface area contributed by atoms with Crippen molar-refractivity contribution in [3.8, 4) is 22.6 Å². The fourth-order valence-electron chi connectivity index (χ4n) is 2.80. The lowest BCUT2D eigenvalue weighted by Crippen LogP contribution is -2.30. The van der Waals surface area contributed by atoms with Crippen LogP contribution in [0.25, 0.3) is 11.1 Å². The number of carbonyl (C=O) groups excluding carboxylic acids is 1. The molecule has 0 aliphatic rings. The third-order valence-electron chi connectivity index (χ3n) is 4.36. The number of carbonyl (C=O) groups is 1. The molecule has 1 N–H and O–H groups in total. The minimum Gasteiger partial charge on any atom is -0.491 e. The Morgan fingerprint density at radius 3 is 2.14 bits per heavy atom. The predicted octanol–water partition coefficient (Wildman–Crippen LogP) is 5.79. The Hall–Kier alpha value is -3.27. The molecule has 3 aromatic rings. The molecule has 1 unspecified atom stereocenters. The van der Waals surface area contributed by atoms with Crippen LogP contribution in [0.4, 0.5) is 5.69 Å². The van der Waals surface area contributed by atoms with E-state index in [0.717, 1.165) is 11.1 Å². The summed E-state index contributed by atoms with van der Waals surface area (Å²) < 4.78 is 11.6. The van der Waals surface area contributed by atoms with E-state index in [0.29, 0.717) is 29.7 Å². The second-order valence-electron chi connectivity index (χ2n) is 7.34. The van der Waals surface area contributed by atoms with Gasteiger partial charge in [0.2, 0.25) is 0 Å². The molecule has 0 heterocycles. The van der Waals surface area contributed by atoms with Crippen molar-refractivity contribution in [1.29, 1.82) is 0 Å². The summed E-state index contributed by atoms with van der Waals surface area (Å²) in [6.07, 6.45) is -0.643. The standard InChI is InChI=1S/C25H27NO3/c1-18(2)17-28-24-12-8-7-11-23(24)26-25(27)19(3)29-22-15-13-21(14-16-22)20-9-5-4-6-10-20/h4-16,18-19H,17H2,1-3H3,(H,26,27). The zero-order valence-electron chi connectivity index (χ0n) is 17.1. The molecule has 150 valence electrons. The fourth-order valence-corrected chi connectivity index (χ4v) is 2.80. The Bertz CT molecular complexity index is 920. The van der Waals surface area contributed by atoms with Gasteiger partial charge in [0.05, 0.1) is 12.3 Å². The summed E-state index contributed by atoms with van der Waals surface area (Å²) in [6, 6.07) is 25.3. The first kappa shape index (κ1) is 20.5. The van der Waals surface area contributed by atoms with Gasteiger partial charge < -0.3 is 14.8 Å². The number of anilines is 1. The molecule has 4 nitrogen and oxygen atoms in total. The maximum atomic E-state index is 12.6. The number of nitrogens with one attached hydrogen (secondary N) is 1. The van der Waals surface area contributed by atoms with E-state index >= 15 is 0 Å². The molecule has 1 amide bonds. The first-order chi connectivity index (χ1) is 14.0. The minimum atomic E-state index is -0.643. The second-order valence-corrected chi connectivity index (χ2v) is 7.34. The van der Waals surface area contributed by atoms with E-state index in [1.54, 1.807) is 6.92 Å².